The molecule has 0 unspecified atom stereocenters. The average Bonchev–Trinajstić information content (AvgIpc) is 2.90. The Bertz CT molecular complexity index is 895. The molecule has 1 aromatic carbocycles. The number of thiazole rings is 1. The molecule has 1 amide bonds. The Labute approximate surface area is 124 Å². The standard InChI is InChI=1S/C15H13N3O2S/c1-9-13(21-8-16-9)14(19)17-11-4-3-10-5-6-18(2)15(20)12(10)7-11/h3-8H,1-2H3,(H,17,19). The van der Waals surface area contributed by atoms with Crippen LogP contribution in [0, 0.1) is 6.92 Å². The molecular formula is C15H13N3O2S. The third-order valence-electron chi connectivity index (χ3n) is 3.29. The van der Waals surface area contributed by atoms with E-state index in [1.807, 2.05) is 12.1 Å². The summed E-state index contributed by atoms with van der Waals surface area (Å²) in [6, 6.07) is 7.18. The molecule has 6 heteroatoms. The van der Waals surface area contributed by atoms with Crippen LogP contribution < -0.4 is 10.9 Å². The van der Waals surface area contributed by atoms with Crippen LogP contribution in [0.2, 0.25) is 0 Å². The van der Waals surface area contributed by atoms with Gasteiger partial charge in [-0.1, -0.05) is 6.07 Å². The number of carbonyl (C=O) groups is 1. The number of carbonyl (C=O) groups excluding carboxylic acids is 1. The predicted octanol–water partition coefficient (Wildman–Crippen LogP) is 2.56. The normalized spacial score (nSPS) is 10.8. The van der Waals surface area contributed by atoms with Gasteiger partial charge in [0.15, 0.2) is 0 Å². The smallest absolute Gasteiger partial charge is 0.267 e. The lowest BCUT2D eigenvalue weighted by atomic mass is 10.1. The van der Waals surface area contributed by atoms with Crippen molar-refractivity contribution in [3.8, 4) is 0 Å². The molecule has 21 heavy (non-hydrogen) atoms. The molecule has 1 N–H and O–H groups in total. The van der Waals surface area contributed by atoms with Gasteiger partial charge in [-0.3, -0.25) is 9.59 Å². The Balaban J connectivity index is 1.98. The number of fused-ring (bicyclic) bond motifs is 1. The molecule has 3 aromatic rings. The summed E-state index contributed by atoms with van der Waals surface area (Å²) in [5.41, 5.74) is 2.86. The van der Waals surface area contributed by atoms with Gasteiger partial charge in [0.25, 0.3) is 11.5 Å². The van der Waals surface area contributed by atoms with Crippen molar-refractivity contribution < 1.29 is 4.79 Å². The first-order valence-corrected chi connectivity index (χ1v) is 7.25. The number of anilines is 1. The molecule has 0 aliphatic carbocycles. The minimum Gasteiger partial charge on any atom is -0.321 e. The van der Waals surface area contributed by atoms with Crippen LogP contribution in [0.5, 0.6) is 0 Å². The minimum absolute atomic E-state index is 0.0856. The molecule has 0 radical (unpaired) electrons. The molecule has 106 valence electrons. The Morgan fingerprint density at radius 2 is 2.14 bits per heavy atom. The number of nitrogens with one attached hydrogen (secondary N) is 1. The summed E-state index contributed by atoms with van der Waals surface area (Å²) in [7, 11) is 1.70. The van der Waals surface area contributed by atoms with Crippen LogP contribution in [0.4, 0.5) is 5.69 Å². The van der Waals surface area contributed by atoms with E-state index < -0.39 is 0 Å². The fraction of sp³-hybridized carbons (Fsp3) is 0.133. The Morgan fingerprint density at radius 1 is 1.33 bits per heavy atom. The third kappa shape index (κ3) is 2.45. The number of pyridine rings is 1. The quantitative estimate of drug-likeness (QED) is 0.791. The van der Waals surface area contributed by atoms with Crippen molar-refractivity contribution in [2.45, 2.75) is 6.92 Å². The first-order valence-electron chi connectivity index (χ1n) is 6.37. The summed E-state index contributed by atoms with van der Waals surface area (Å²) < 4.78 is 1.52. The molecule has 3 rings (SSSR count). The molecule has 2 heterocycles. The fourth-order valence-corrected chi connectivity index (χ4v) is 2.82. The van der Waals surface area contributed by atoms with Crippen LogP contribution in [0.1, 0.15) is 15.4 Å². The first kappa shape index (κ1) is 13.5. The third-order valence-corrected chi connectivity index (χ3v) is 4.22. The summed E-state index contributed by atoms with van der Waals surface area (Å²) in [6.07, 6.45) is 1.73. The van der Waals surface area contributed by atoms with E-state index in [1.165, 1.54) is 15.9 Å². The number of aryl methyl sites for hydroxylation is 2. The molecule has 0 bridgehead atoms. The SMILES string of the molecule is Cc1ncsc1C(=O)Nc1ccc2ccn(C)c(=O)c2c1. The van der Waals surface area contributed by atoms with Gasteiger partial charge in [0, 0.05) is 24.3 Å². The lowest BCUT2D eigenvalue weighted by Crippen LogP contribution is -2.16. The predicted molar refractivity (Wildman–Crippen MR) is 84.0 cm³/mol. The summed E-state index contributed by atoms with van der Waals surface area (Å²) >= 11 is 1.30. The molecule has 0 atom stereocenters. The second-order valence-electron chi connectivity index (χ2n) is 4.75. The molecule has 0 fully saturated rings. The number of benzene rings is 1. The highest BCUT2D eigenvalue weighted by Crippen LogP contribution is 2.19. The van der Waals surface area contributed by atoms with Crippen LogP contribution in [0.3, 0.4) is 0 Å². The van der Waals surface area contributed by atoms with Gasteiger partial charge in [-0.2, -0.15) is 0 Å². The van der Waals surface area contributed by atoms with Crippen molar-refractivity contribution >= 4 is 33.7 Å². The van der Waals surface area contributed by atoms with Gasteiger partial charge in [0.1, 0.15) is 4.88 Å². The topological polar surface area (TPSA) is 64.0 Å². The van der Waals surface area contributed by atoms with E-state index in [2.05, 4.69) is 10.3 Å². The molecule has 0 aliphatic rings. The average molecular weight is 299 g/mol. The van der Waals surface area contributed by atoms with Crippen LogP contribution in [0.25, 0.3) is 10.8 Å². The highest BCUT2D eigenvalue weighted by molar-refractivity contribution is 7.12. The monoisotopic (exact) mass is 299 g/mol. The Kier molecular flexibility index (Phi) is 3.31. The molecule has 2 aromatic heterocycles. The van der Waals surface area contributed by atoms with Crippen molar-refractivity contribution in [2.75, 3.05) is 5.32 Å². The fourth-order valence-electron chi connectivity index (χ4n) is 2.12. The van der Waals surface area contributed by atoms with Crippen LogP contribution in [-0.4, -0.2) is 15.5 Å². The van der Waals surface area contributed by atoms with Crippen molar-refractivity contribution in [1.29, 1.82) is 0 Å². The summed E-state index contributed by atoms with van der Waals surface area (Å²) in [5.74, 6) is -0.206. The van der Waals surface area contributed by atoms with Gasteiger partial charge in [0.2, 0.25) is 0 Å². The summed E-state index contributed by atoms with van der Waals surface area (Å²) in [6.45, 7) is 1.79. The summed E-state index contributed by atoms with van der Waals surface area (Å²) in [4.78, 5) is 28.9. The van der Waals surface area contributed by atoms with E-state index >= 15 is 0 Å². The molecule has 5 nitrogen and oxygen atoms in total. The minimum atomic E-state index is -0.206. The van der Waals surface area contributed by atoms with Crippen LogP contribution >= 0.6 is 11.3 Å². The lowest BCUT2D eigenvalue weighted by molar-refractivity contribution is 0.103. The highest BCUT2D eigenvalue weighted by Gasteiger charge is 2.12. The molecule has 0 spiro atoms. The number of rotatable bonds is 2. The number of aromatic nitrogens is 2. The molecular weight excluding hydrogens is 286 g/mol. The number of hydrogen-bond donors (Lipinski definition) is 1. The van der Waals surface area contributed by atoms with Gasteiger partial charge < -0.3 is 9.88 Å². The Hall–Kier alpha value is -2.47. The van der Waals surface area contributed by atoms with E-state index in [1.54, 1.807) is 37.8 Å². The maximum absolute atomic E-state index is 12.2. The van der Waals surface area contributed by atoms with Crippen LogP contribution in [0.15, 0.2) is 40.8 Å². The van der Waals surface area contributed by atoms with E-state index in [9.17, 15) is 9.59 Å². The van der Waals surface area contributed by atoms with Crippen molar-refractivity contribution in [3.05, 3.63) is 56.9 Å². The van der Waals surface area contributed by atoms with E-state index in [4.69, 9.17) is 0 Å². The summed E-state index contributed by atoms with van der Waals surface area (Å²) in [5, 5.41) is 4.24. The second kappa shape index (κ2) is 5.14. The first-order chi connectivity index (χ1) is 10.1. The molecule has 0 aliphatic heterocycles. The Morgan fingerprint density at radius 3 is 2.86 bits per heavy atom. The zero-order chi connectivity index (χ0) is 15.0. The zero-order valence-electron chi connectivity index (χ0n) is 11.6. The second-order valence-corrected chi connectivity index (χ2v) is 5.61. The van der Waals surface area contributed by atoms with Gasteiger partial charge >= 0.3 is 0 Å². The van der Waals surface area contributed by atoms with E-state index in [-0.39, 0.29) is 11.5 Å². The maximum atomic E-state index is 12.2. The van der Waals surface area contributed by atoms with E-state index in [0.29, 0.717) is 21.6 Å². The van der Waals surface area contributed by atoms with Gasteiger partial charge in [-0.05, 0) is 30.5 Å². The molecule has 0 saturated heterocycles. The van der Waals surface area contributed by atoms with Gasteiger partial charge in [-0.25, -0.2) is 4.98 Å². The van der Waals surface area contributed by atoms with Crippen molar-refractivity contribution in [2.24, 2.45) is 7.05 Å². The number of hydrogen-bond acceptors (Lipinski definition) is 4. The van der Waals surface area contributed by atoms with E-state index in [0.717, 1.165) is 5.39 Å². The highest BCUT2D eigenvalue weighted by atomic mass is 32.1. The van der Waals surface area contributed by atoms with Crippen LogP contribution in [-0.2, 0) is 7.05 Å². The van der Waals surface area contributed by atoms with Crippen molar-refractivity contribution in [1.82, 2.24) is 9.55 Å². The number of amides is 1. The molecule has 0 saturated carbocycles. The van der Waals surface area contributed by atoms with Gasteiger partial charge in [-0.15, -0.1) is 11.3 Å². The lowest BCUT2D eigenvalue weighted by Gasteiger charge is -2.06. The van der Waals surface area contributed by atoms with Crippen molar-refractivity contribution in [3.63, 3.8) is 0 Å². The zero-order valence-corrected chi connectivity index (χ0v) is 12.4. The number of nitrogens with zero attached hydrogens (tertiary/aromatic N) is 2. The largest absolute Gasteiger partial charge is 0.321 e. The van der Waals surface area contributed by atoms with Gasteiger partial charge in [0.05, 0.1) is 11.2 Å². The maximum Gasteiger partial charge on any atom is 0.267 e.